The summed E-state index contributed by atoms with van der Waals surface area (Å²) < 4.78 is 8.03. The number of fused-ring (bicyclic) bond motifs is 1. The van der Waals surface area contributed by atoms with E-state index < -0.39 is 0 Å². The Hall–Kier alpha value is -2.33. The summed E-state index contributed by atoms with van der Waals surface area (Å²) in [5, 5.41) is 3.51. The fraction of sp³-hybridized carbons (Fsp3) is 0.350. The lowest BCUT2D eigenvalue weighted by atomic mass is 10.2. The van der Waals surface area contributed by atoms with E-state index >= 15 is 0 Å². The molecule has 0 radical (unpaired) electrons. The first kappa shape index (κ1) is 16.5. The Kier molecular flexibility index (Phi) is 5.49. The summed E-state index contributed by atoms with van der Waals surface area (Å²) in [5.74, 6) is 0.821. The van der Waals surface area contributed by atoms with E-state index in [1.54, 1.807) is 0 Å². The first-order chi connectivity index (χ1) is 11.8. The fourth-order valence-corrected chi connectivity index (χ4v) is 2.76. The lowest BCUT2D eigenvalue weighted by Gasteiger charge is -2.10. The largest absolute Gasteiger partial charge is 0.485 e. The van der Waals surface area contributed by atoms with Crippen LogP contribution < -0.4 is 10.1 Å². The zero-order valence-corrected chi connectivity index (χ0v) is 14.4. The average Bonchev–Trinajstić information content (AvgIpc) is 3.02. The van der Waals surface area contributed by atoms with Gasteiger partial charge in [-0.2, -0.15) is 0 Å². The van der Waals surface area contributed by atoms with Crippen LogP contribution in [0.5, 0.6) is 5.75 Å². The summed E-state index contributed by atoms with van der Waals surface area (Å²) in [6.07, 6.45) is 6.17. The molecule has 24 heavy (non-hydrogen) atoms. The molecule has 3 rings (SSSR count). The van der Waals surface area contributed by atoms with Gasteiger partial charge >= 0.3 is 0 Å². The first-order valence-electron chi connectivity index (χ1n) is 8.63. The average molecular weight is 323 g/mol. The maximum absolute atomic E-state index is 5.99. The van der Waals surface area contributed by atoms with Gasteiger partial charge in [-0.1, -0.05) is 37.3 Å². The van der Waals surface area contributed by atoms with Crippen molar-refractivity contribution in [1.29, 1.82) is 0 Å². The minimum Gasteiger partial charge on any atom is -0.485 e. The molecule has 4 heteroatoms. The van der Waals surface area contributed by atoms with Crippen LogP contribution in [0.2, 0.25) is 0 Å². The monoisotopic (exact) mass is 323 g/mol. The molecule has 0 saturated carbocycles. The predicted octanol–water partition coefficient (Wildman–Crippen LogP) is 3.84. The van der Waals surface area contributed by atoms with Crippen LogP contribution in [0.3, 0.4) is 0 Å². The molecule has 2 aromatic heterocycles. The van der Waals surface area contributed by atoms with E-state index in [1.165, 1.54) is 0 Å². The van der Waals surface area contributed by atoms with Crippen LogP contribution in [0.25, 0.3) is 5.65 Å². The standard InChI is InChI=1S/C20H25N3O/c1-3-11-21-16(2)13-18-14-23-12-7-10-19(20(23)22-18)24-15-17-8-5-4-6-9-17/h4-10,12,14,16,21H,3,11,13,15H2,1-2H3. The van der Waals surface area contributed by atoms with E-state index in [4.69, 9.17) is 9.72 Å². The van der Waals surface area contributed by atoms with Crippen LogP contribution in [0.15, 0.2) is 54.9 Å². The summed E-state index contributed by atoms with van der Waals surface area (Å²) in [4.78, 5) is 4.77. The van der Waals surface area contributed by atoms with E-state index in [1.807, 2.05) is 40.9 Å². The smallest absolute Gasteiger partial charge is 0.179 e. The molecule has 0 spiro atoms. The van der Waals surface area contributed by atoms with Gasteiger partial charge in [0.15, 0.2) is 11.4 Å². The van der Waals surface area contributed by atoms with Crippen LogP contribution in [0, 0.1) is 0 Å². The minimum absolute atomic E-state index is 0.420. The van der Waals surface area contributed by atoms with Gasteiger partial charge in [-0.3, -0.25) is 0 Å². The van der Waals surface area contributed by atoms with Crippen LogP contribution in [0.4, 0.5) is 0 Å². The van der Waals surface area contributed by atoms with E-state index in [0.29, 0.717) is 12.6 Å². The molecule has 0 amide bonds. The molecule has 4 nitrogen and oxygen atoms in total. The number of imidazole rings is 1. The number of ether oxygens (including phenoxy) is 1. The minimum atomic E-state index is 0.420. The van der Waals surface area contributed by atoms with Crippen molar-refractivity contribution >= 4 is 5.65 Å². The van der Waals surface area contributed by atoms with Crippen molar-refractivity contribution in [1.82, 2.24) is 14.7 Å². The molecular formula is C20H25N3O. The summed E-state index contributed by atoms with van der Waals surface area (Å²) in [6, 6.07) is 14.6. The van der Waals surface area contributed by atoms with Crippen molar-refractivity contribution in [3.63, 3.8) is 0 Å². The third-order valence-corrected chi connectivity index (χ3v) is 3.99. The van der Waals surface area contributed by atoms with Crippen molar-refractivity contribution in [2.75, 3.05) is 6.54 Å². The molecule has 1 atom stereocenters. The molecule has 126 valence electrons. The number of pyridine rings is 1. The Morgan fingerprint density at radius 3 is 2.79 bits per heavy atom. The van der Waals surface area contributed by atoms with Gasteiger partial charge in [-0.15, -0.1) is 0 Å². The van der Waals surface area contributed by atoms with E-state index in [0.717, 1.165) is 42.0 Å². The highest BCUT2D eigenvalue weighted by Gasteiger charge is 2.10. The van der Waals surface area contributed by atoms with E-state index in [-0.39, 0.29) is 0 Å². The third kappa shape index (κ3) is 4.15. The molecule has 3 aromatic rings. The molecule has 2 heterocycles. The molecule has 1 N–H and O–H groups in total. The molecule has 0 aliphatic carbocycles. The molecule has 1 unspecified atom stereocenters. The highest BCUT2D eigenvalue weighted by Crippen LogP contribution is 2.20. The zero-order chi connectivity index (χ0) is 16.8. The lowest BCUT2D eigenvalue weighted by Crippen LogP contribution is -2.28. The van der Waals surface area contributed by atoms with Crippen molar-refractivity contribution in [3.05, 3.63) is 66.1 Å². The Morgan fingerprint density at radius 1 is 1.17 bits per heavy atom. The van der Waals surface area contributed by atoms with Crippen LogP contribution in [0.1, 0.15) is 31.5 Å². The Bertz CT molecular complexity index is 767. The van der Waals surface area contributed by atoms with E-state index in [9.17, 15) is 0 Å². The van der Waals surface area contributed by atoms with Crippen LogP contribution in [-0.2, 0) is 13.0 Å². The number of rotatable bonds is 8. The fourth-order valence-electron chi connectivity index (χ4n) is 2.76. The van der Waals surface area contributed by atoms with Crippen LogP contribution in [-0.4, -0.2) is 22.0 Å². The Balaban J connectivity index is 1.72. The van der Waals surface area contributed by atoms with Gasteiger partial charge in [0, 0.05) is 24.9 Å². The molecule has 0 aliphatic heterocycles. The molecular weight excluding hydrogens is 298 g/mol. The summed E-state index contributed by atoms with van der Waals surface area (Å²) >= 11 is 0. The number of nitrogens with one attached hydrogen (secondary N) is 1. The predicted molar refractivity (Wildman–Crippen MR) is 97.4 cm³/mol. The number of hydrogen-bond donors (Lipinski definition) is 1. The summed E-state index contributed by atoms with van der Waals surface area (Å²) in [5.41, 5.74) is 3.12. The number of aromatic nitrogens is 2. The number of hydrogen-bond acceptors (Lipinski definition) is 3. The van der Waals surface area contributed by atoms with E-state index in [2.05, 4.69) is 37.5 Å². The normalized spacial score (nSPS) is 12.4. The SMILES string of the molecule is CCCNC(C)Cc1cn2cccc(OCc3ccccc3)c2n1. The third-order valence-electron chi connectivity index (χ3n) is 3.99. The Labute approximate surface area is 143 Å². The maximum atomic E-state index is 5.99. The molecule has 1 aromatic carbocycles. The van der Waals surface area contributed by atoms with Gasteiger partial charge in [0.25, 0.3) is 0 Å². The van der Waals surface area contributed by atoms with Crippen molar-refractivity contribution in [2.45, 2.75) is 39.3 Å². The van der Waals surface area contributed by atoms with Gasteiger partial charge in [0.1, 0.15) is 6.61 Å². The van der Waals surface area contributed by atoms with Gasteiger partial charge in [-0.05, 0) is 37.6 Å². The van der Waals surface area contributed by atoms with Crippen molar-refractivity contribution in [2.24, 2.45) is 0 Å². The van der Waals surface area contributed by atoms with Gasteiger partial charge in [0.05, 0.1) is 5.69 Å². The van der Waals surface area contributed by atoms with Crippen molar-refractivity contribution < 1.29 is 4.74 Å². The maximum Gasteiger partial charge on any atom is 0.179 e. The summed E-state index contributed by atoms with van der Waals surface area (Å²) in [7, 11) is 0. The Morgan fingerprint density at radius 2 is 2.00 bits per heavy atom. The number of benzene rings is 1. The molecule has 0 aliphatic rings. The second-order valence-electron chi connectivity index (χ2n) is 6.17. The van der Waals surface area contributed by atoms with Gasteiger partial charge in [-0.25, -0.2) is 4.98 Å². The number of nitrogens with zero attached hydrogens (tertiary/aromatic N) is 2. The lowest BCUT2D eigenvalue weighted by molar-refractivity contribution is 0.308. The molecule has 0 bridgehead atoms. The highest BCUT2D eigenvalue weighted by molar-refractivity contribution is 5.54. The summed E-state index contributed by atoms with van der Waals surface area (Å²) in [6.45, 7) is 5.98. The molecule has 0 saturated heterocycles. The zero-order valence-electron chi connectivity index (χ0n) is 14.4. The molecule has 0 fully saturated rings. The van der Waals surface area contributed by atoms with Crippen molar-refractivity contribution in [3.8, 4) is 5.75 Å². The van der Waals surface area contributed by atoms with Gasteiger partial charge in [0.2, 0.25) is 0 Å². The van der Waals surface area contributed by atoms with Crippen LogP contribution >= 0.6 is 0 Å². The second kappa shape index (κ2) is 7.97. The second-order valence-corrected chi connectivity index (χ2v) is 6.17. The van der Waals surface area contributed by atoms with Gasteiger partial charge < -0.3 is 14.5 Å². The quantitative estimate of drug-likeness (QED) is 0.684. The topological polar surface area (TPSA) is 38.6 Å². The highest BCUT2D eigenvalue weighted by atomic mass is 16.5. The first-order valence-corrected chi connectivity index (χ1v) is 8.63.